The second kappa shape index (κ2) is 16.5. The van der Waals surface area contributed by atoms with E-state index in [0.29, 0.717) is 25.7 Å². The molecule has 0 aromatic carbocycles. The Bertz CT molecular complexity index is 852. The maximum Gasteiger partial charge on any atom is 0.404 e. The van der Waals surface area contributed by atoms with Crippen molar-refractivity contribution in [3.8, 4) is 0 Å². The topological polar surface area (TPSA) is 139 Å². The summed E-state index contributed by atoms with van der Waals surface area (Å²) in [5.41, 5.74) is 6.31. The van der Waals surface area contributed by atoms with Gasteiger partial charge in [0, 0.05) is 36.5 Å². The van der Waals surface area contributed by atoms with E-state index in [4.69, 9.17) is 15.2 Å². The molecule has 0 aromatic rings. The molecular formula is C30H49NO7. The zero-order chi connectivity index (χ0) is 29.0. The SMILES string of the molecule is C=CC=CC(C)C(OC(N)=O)C(C)C(O)C(C)CC(C)=CC(C)C(O)C(C)C=CC(O)CC1CCC(=O)O1. The van der Waals surface area contributed by atoms with Crippen LogP contribution < -0.4 is 5.73 Å². The van der Waals surface area contributed by atoms with E-state index in [-0.39, 0.29) is 41.7 Å². The van der Waals surface area contributed by atoms with Crippen LogP contribution in [0.3, 0.4) is 0 Å². The molecule has 0 radical (unpaired) electrons. The maximum atomic E-state index is 11.5. The normalized spacial score (nSPS) is 23.8. The third-order valence-corrected chi connectivity index (χ3v) is 7.34. The van der Waals surface area contributed by atoms with Crippen molar-refractivity contribution in [2.24, 2.45) is 35.3 Å². The minimum atomic E-state index is -0.878. The third kappa shape index (κ3) is 11.5. The molecule has 0 aliphatic carbocycles. The van der Waals surface area contributed by atoms with Gasteiger partial charge in [-0.3, -0.25) is 4.79 Å². The molecule has 1 rings (SSSR count). The van der Waals surface area contributed by atoms with Crippen LogP contribution >= 0.6 is 0 Å². The summed E-state index contributed by atoms with van der Waals surface area (Å²) in [4.78, 5) is 22.7. The van der Waals surface area contributed by atoms with Crippen molar-refractivity contribution in [3.63, 3.8) is 0 Å². The lowest BCUT2D eigenvalue weighted by atomic mass is 9.81. The highest BCUT2D eigenvalue weighted by atomic mass is 16.6. The second-order valence-electron chi connectivity index (χ2n) is 11.0. The van der Waals surface area contributed by atoms with Crippen LogP contribution in [0.4, 0.5) is 4.79 Å². The Morgan fingerprint density at radius 2 is 1.74 bits per heavy atom. The number of aliphatic hydroxyl groups excluding tert-OH is 3. The van der Waals surface area contributed by atoms with Gasteiger partial charge in [0.05, 0.1) is 18.3 Å². The highest BCUT2D eigenvalue weighted by Crippen LogP contribution is 2.29. The van der Waals surface area contributed by atoms with Crippen molar-refractivity contribution >= 4 is 12.1 Å². The third-order valence-electron chi connectivity index (χ3n) is 7.34. The molecule has 1 saturated heterocycles. The van der Waals surface area contributed by atoms with Gasteiger partial charge >= 0.3 is 12.1 Å². The Morgan fingerprint density at radius 3 is 2.29 bits per heavy atom. The molecule has 1 aliphatic heterocycles. The smallest absolute Gasteiger partial charge is 0.404 e. The molecule has 8 heteroatoms. The summed E-state index contributed by atoms with van der Waals surface area (Å²) in [6.45, 7) is 15.1. The molecule has 10 unspecified atom stereocenters. The first-order valence-electron chi connectivity index (χ1n) is 13.6. The number of allylic oxidation sites excluding steroid dienone is 3. The van der Waals surface area contributed by atoms with Crippen molar-refractivity contribution in [2.75, 3.05) is 0 Å². The predicted molar refractivity (Wildman–Crippen MR) is 149 cm³/mol. The van der Waals surface area contributed by atoms with Crippen LogP contribution in [-0.2, 0) is 14.3 Å². The number of carbonyl (C=O) groups excluding carboxylic acids is 2. The number of carbonyl (C=O) groups is 2. The largest absolute Gasteiger partial charge is 0.462 e. The minimum Gasteiger partial charge on any atom is -0.462 e. The molecule has 0 saturated carbocycles. The molecule has 38 heavy (non-hydrogen) atoms. The van der Waals surface area contributed by atoms with Gasteiger partial charge < -0.3 is 30.5 Å². The molecular weight excluding hydrogens is 486 g/mol. The number of hydrogen-bond acceptors (Lipinski definition) is 7. The Morgan fingerprint density at radius 1 is 1.08 bits per heavy atom. The standard InChI is InChI=1S/C30H49NO7/c1-8-9-10-20(4)29(38-30(31)36)23(7)28(35)22(6)16-18(2)15-21(5)27(34)19(3)11-12-24(32)17-25-13-14-26(33)37-25/h8-12,15,19-25,27-29,32,34-35H,1,13-14,16-17H2,2-7H3,(H2,31,36). The van der Waals surface area contributed by atoms with Gasteiger partial charge in [-0.05, 0) is 25.7 Å². The van der Waals surface area contributed by atoms with Crippen LogP contribution in [0.2, 0.25) is 0 Å². The number of primary amides is 1. The summed E-state index contributed by atoms with van der Waals surface area (Å²) in [5, 5.41) is 32.1. The number of esters is 1. The first kappa shape index (κ1) is 33.6. The second-order valence-corrected chi connectivity index (χ2v) is 11.0. The number of cyclic esters (lactones) is 1. The van der Waals surface area contributed by atoms with E-state index in [0.717, 1.165) is 5.57 Å². The predicted octanol–water partition coefficient (Wildman–Crippen LogP) is 4.44. The molecule has 216 valence electrons. The zero-order valence-electron chi connectivity index (χ0n) is 23.8. The summed E-state index contributed by atoms with van der Waals surface area (Å²) >= 11 is 0. The number of hydrogen-bond donors (Lipinski definition) is 4. The van der Waals surface area contributed by atoms with Gasteiger partial charge in [0.25, 0.3) is 0 Å². The summed E-state index contributed by atoms with van der Waals surface area (Å²) in [7, 11) is 0. The monoisotopic (exact) mass is 535 g/mol. The molecule has 8 nitrogen and oxygen atoms in total. The van der Waals surface area contributed by atoms with Gasteiger partial charge in [-0.25, -0.2) is 4.79 Å². The van der Waals surface area contributed by atoms with Crippen molar-refractivity contribution in [2.45, 2.75) is 97.7 Å². The first-order valence-corrected chi connectivity index (χ1v) is 13.6. The van der Waals surface area contributed by atoms with Crippen LogP contribution in [0.1, 0.15) is 67.2 Å². The summed E-state index contributed by atoms with van der Waals surface area (Å²) in [6, 6.07) is 0. The summed E-state index contributed by atoms with van der Waals surface area (Å²) in [5.74, 6) is -1.23. The Labute approximate surface area is 228 Å². The minimum absolute atomic E-state index is 0.127. The summed E-state index contributed by atoms with van der Waals surface area (Å²) < 4.78 is 10.5. The van der Waals surface area contributed by atoms with E-state index in [1.165, 1.54) is 0 Å². The van der Waals surface area contributed by atoms with Crippen LogP contribution in [0.25, 0.3) is 0 Å². The van der Waals surface area contributed by atoms with Crippen molar-refractivity contribution in [3.05, 3.63) is 48.6 Å². The molecule has 1 heterocycles. The summed E-state index contributed by atoms with van der Waals surface area (Å²) in [6.07, 6.45) is 8.82. The average molecular weight is 536 g/mol. The molecule has 1 aliphatic rings. The highest BCUT2D eigenvalue weighted by molar-refractivity contribution is 5.71. The fourth-order valence-electron chi connectivity index (χ4n) is 5.14. The number of nitrogens with two attached hydrogens (primary N) is 1. The Balaban J connectivity index is 2.71. The number of rotatable bonds is 16. The maximum absolute atomic E-state index is 11.5. The lowest BCUT2D eigenvalue weighted by Crippen LogP contribution is -2.41. The zero-order valence-corrected chi connectivity index (χ0v) is 23.8. The number of amides is 1. The van der Waals surface area contributed by atoms with Gasteiger partial charge in [-0.15, -0.1) is 0 Å². The van der Waals surface area contributed by atoms with E-state index >= 15 is 0 Å². The van der Waals surface area contributed by atoms with Gasteiger partial charge in [-0.1, -0.05) is 83.2 Å². The van der Waals surface area contributed by atoms with E-state index in [1.54, 1.807) is 24.3 Å². The van der Waals surface area contributed by atoms with E-state index < -0.39 is 30.5 Å². The highest BCUT2D eigenvalue weighted by Gasteiger charge is 2.33. The van der Waals surface area contributed by atoms with Gasteiger partial charge in [0.1, 0.15) is 12.2 Å². The lowest BCUT2D eigenvalue weighted by Gasteiger charge is -2.33. The van der Waals surface area contributed by atoms with Crippen LogP contribution in [0, 0.1) is 29.6 Å². The molecule has 0 aromatic heterocycles. The number of ether oxygens (including phenoxy) is 2. The van der Waals surface area contributed by atoms with E-state index in [9.17, 15) is 24.9 Å². The Hall–Kier alpha value is -2.42. The van der Waals surface area contributed by atoms with Crippen molar-refractivity contribution < 1.29 is 34.4 Å². The van der Waals surface area contributed by atoms with Crippen molar-refractivity contribution in [1.29, 1.82) is 0 Å². The molecule has 1 amide bonds. The fourth-order valence-corrected chi connectivity index (χ4v) is 5.14. The van der Waals surface area contributed by atoms with Gasteiger partial charge in [-0.2, -0.15) is 0 Å². The fraction of sp³-hybridized carbons (Fsp3) is 0.667. The van der Waals surface area contributed by atoms with Crippen LogP contribution in [0.15, 0.2) is 48.6 Å². The Kier molecular flexibility index (Phi) is 14.6. The van der Waals surface area contributed by atoms with Gasteiger partial charge in [0.15, 0.2) is 0 Å². The lowest BCUT2D eigenvalue weighted by molar-refractivity contribution is -0.142. The quantitative estimate of drug-likeness (QED) is 0.130. The molecule has 0 spiro atoms. The molecule has 5 N–H and O–H groups in total. The van der Waals surface area contributed by atoms with Crippen LogP contribution in [0.5, 0.6) is 0 Å². The number of aliphatic hydroxyl groups is 3. The van der Waals surface area contributed by atoms with Gasteiger partial charge in [0.2, 0.25) is 0 Å². The van der Waals surface area contributed by atoms with E-state index in [2.05, 4.69) is 6.58 Å². The molecule has 0 bridgehead atoms. The first-order chi connectivity index (χ1) is 17.8. The average Bonchev–Trinajstić information content (AvgIpc) is 3.26. The van der Waals surface area contributed by atoms with Crippen molar-refractivity contribution in [1.82, 2.24) is 0 Å². The molecule has 10 atom stereocenters. The molecule has 1 fully saturated rings. The van der Waals surface area contributed by atoms with E-state index in [1.807, 2.05) is 53.7 Å². The van der Waals surface area contributed by atoms with Crippen LogP contribution in [-0.4, -0.2) is 57.9 Å².